The van der Waals surface area contributed by atoms with E-state index < -0.39 is 26.6 Å². The van der Waals surface area contributed by atoms with Gasteiger partial charge in [0.1, 0.15) is 0 Å². The van der Waals surface area contributed by atoms with Gasteiger partial charge in [0, 0.05) is 6.42 Å². The number of rotatable bonds is 34. The van der Waals surface area contributed by atoms with E-state index in [0.717, 1.165) is 51.4 Å². The Morgan fingerprint density at radius 3 is 1.45 bits per heavy atom. The zero-order valence-corrected chi connectivity index (χ0v) is 29.7. The van der Waals surface area contributed by atoms with Gasteiger partial charge in [0.25, 0.3) is 0 Å². The molecular formula is C36H72NO6P. The summed E-state index contributed by atoms with van der Waals surface area (Å²) in [5.41, 5.74) is 0. The largest absolute Gasteiger partial charge is 0.469 e. The Morgan fingerprint density at radius 2 is 1.02 bits per heavy atom. The number of carbonyl (C=O) groups is 1. The van der Waals surface area contributed by atoms with Crippen molar-refractivity contribution in [3.8, 4) is 0 Å². The fraction of sp³-hybridized carbons (Fsp3) is 0.917. The zero-order valence-electron chi connectivity index (χ0n) is 28.8. The Labute approximate surface area is 272 Å². The molecule has 262 valence electrons. The van der Waals surface area contributed by atoms with Crippen molar-refractivity contribution in [2.45, 2.75) is 206 Å². The SMILES string of the molecule is CCCCCCCC/C=C\CCCCCCCC(=O)N[C@@H](COP(=O)(O)O)[C@H](O)CCCCCCCCCCCCCCC. The van der Waals surface area contributed by atoms with Gasteiger partial charge in [-0.2, -0.15) is 0 Å². The van der Waals surface area contributed by atoms with Gasteiger partial charge < -0.3 is 20.2 Å². The Balaban J connectivity index is 3.99. The van der Waals surface area contributed by atoms with E-state index in [1.54, 1.807) is 0 Å². The molecule has 44 heavy (non-hydrogen) atoms. The van der Waals surface area contributed by atoms with E-state index in [9.17, 15) is 14.5 Å². The summed E-state index contributed by atoms with van der Waals surface area (Å²) in [4.78, 5) is 30.8. The summed E-state index contributed by atoms with van der Waals surface area (Å²) in [5, 5.41) is 13.5. The van der Waals surface area contributed by atoms with E-state index in [0.29, 0.717) is 12.8 Å². The van der Waals surface area contributed by atoms with Crippen molar-refractivity contribution in [2.75, 3.05) is 6.61 Å². The van der Waals surface area contributed by atoms with Crippen LogP contribution in [0.2, 0.25) is 0 Å². The summed E-state index contributed by atoms with van der Waals surface area (Å²) in [6.07, 6.45) is 36.1. The van der Waals surface area contributed by atoms with Gasteiger partial charge in [0.15, 0.2) is 0 Å². The third-order valence-corrected chi connectivity index (χ3v) is 8.99. The average molecular weight is 646 g/mol. The topological polar surface area (TPSA) is 116 Å². The van der Waals surface area contributed by atoms with Crippen LogP contribution in [0.5, 0.6) is 0 Å². The summed E-state index contributed by atoms with van der Waals surface area (Å²) < 4.78 is 15.9. The van der Waals surface area contributed by atoms with E-state index in [1.807, 2.05) is 0 Å². The highest BCUT2D eigenvalue weighted by molar-refractivity contribution is 7.46. The van der Waals surface area contributed by atoms with Crippen LogP contribution in [0.3, 0.4) is 0 Å². The van der Waals surface area contributed by atoms with Crippen LogP contribution in [0.25, 0.3) is 0 Å². The molecule has 0 rings (SSSR count). The number of aliphatic hydroxyl groups excluding tert-OH is 1. The molecule has 0 spiro atoms. The van der Waals surface area contributed by atoms with Gasteiger partial charge in [-0.3, -0.25) is 9.32 Å². The molecule has 0 fully saturated rings. The quantitative estimate of drug-likeness (QED) is 0.0314. The molecule has 4 N–H and O–H groups in total. The summed E-state index contributed by atoms with van der Waals surface area (Å²) in [5.74, 6) is -0.202. The molecule has 7 nitrogen and oxygen atoms in total. The van der Waals surface area contributed by atoms with Crippen molar-refractivity contribution >= 4 is 13.7 Å². The number of phosphoric ester groups is 1. The number of nitrogens with one attached hydrogen (secondary N) is 1. The molecule has 1 amide bonds. The molecule has 0 saturated carbocycles. The first kappa shape index (κ1) is 43.3. The van der Waals surface area contributed by atoms with Gasteiger partial charge in [-0.15, -0.1) is 0 Å². The predicted octanol–water partition coefficient (Wildman–Crippen LogP) is 10.5. The van der Waals surface area contributed by atoms with E-state index >= 15 is 0 Å². The van der Waals surface area contributed by atoms with Crippen LogP contribution in [-0.4, -0.2) is 39.6 Å². The van der Waals surface area contributed by atoms with Crippen molar-refractivity contribution in [3.63, 3.8) is 0 Å². The van der Waals surface area contributed by atoms with Crippen LogP contribution in [0.15, 0.2) is 12.2 Å². The molecule has 0 aromatic carbocycles. The molecule has 8 heteroatoms. The van der Waals surface area contributed by atoms with Crippen molar-refractivity contribution in [1.29, 1.82) is 0 Å². The third kappa shape index (κ3) is 32.7. The molecule has 0 radical (unpaired) electrons. The van der Waals surface area contributed by atoms with Crippen molar-refractivity contribution in [3.05, 3.63) is 12.2 Å². The second-order valence-electron chi connectivity index (χ2n) is 12.9. The van der Waals surface area contributed by atoms with E-state index in [-0.39, 0.29) is 5.91 Å². The highest BCUT2D eigenvalue weighted by Crippen LogP contribution is 2.36. The van der Waals surface area contributed by atoms with Crippen molar-refractivity contribution in [2.24, 2.45) is 0 Å². The Bertz CT molecular complexity index is 698. The third-order valence-electron chi connectivity index (χ3n) is 8.50. The van der Waals surface area contributed by atoms with E-state index in [2.05, 4.69) is 35.8 Å². The number of amides is 1. The summed E-state index contributed by atoms with van der Waals surface area (Å²) >= 11 is 0. The lowest BCUT2D eigenvalue weighted by atomic mass is 10.0. The first-order valence-electron chi connectivity index (χ1n) is 18.6. The average Bonchev–Trinajstić information content (AvgIpc) is 2.99. The lowest BCUT2D eigenvalue weighted by Gasteiger charge is -2.24. The van der Waals surface area contributed by atoms with Crippen molar-refractivity contribution < 1.29 is 28.8 Å². The molecule has 0 aromatic heterocycles. The summed E-state index contributed by atoms with van der Waals surface area (Å²) in [7, 11) is -4.68. The molecule has 0 heterocycles. The van der Waals surface area contributed by atoms with Crippen molar-refractivity contribution in [1.82, 2.24) is 5.32 Å². The number of allylic oxidation sites excluding steroid dienone is 2. The van der Waals surface area contributed by atoms with Gasteiger partial charge in [-0.05, 0) is 38.5 Å². The number of hydrogen-bond acceptors (Lipinski definition) is 4. The van der Waals surface area contributed by atoms with E-state index in [4.69, 9.17) is 9.79 Å². The smallest absolute Gasteiger partial charge is 0.391 e. The predicted molar refractivity (Wildman–Crippen MR) is 186 cm³/mol. The number of carbonyl (C=O) groups excluding carboxylic acids is 1. The number of hydrogen-bond donors (Lipinski definition) is 4. The van der Waals surface area contributed by atoms with Crippen LogP contribution < -0.4 is 5.32 Å². The van der Waals surface area contributed by atoms with Gasteiger partial charge >= 0.3 is 7.82 Å². The maximum absolute atomic E-state index is 12.5. The molecule has 2 atom stereocenters. The van der Waals surface area contributed by atoms with Gasteiger partial charge in [-0.1, -0.05) is 161 Å². The Hall–Kier alpha value is -0.720. The number of phosphoric acid groups is 1. The highest BCUT2D eigenvalue weighted by atomic mass is 31.2. The highest BCUT2D eigenvalue weighted by Gasteiger charge is 2.25. The minimum absolute atomic E-state index is 0.202. The lowest BCUT2D eigenvalue weighted by molar-refractivity contribution is -0.123. The first-order chi connectivity index (χ1) is 21.3. The molecule has 0 aliphatic carbocycles. The molecule has 0 bridgehead atoms. The van der Waals surface area contributed by atoms with Crippen LogP contribution in [0, 0.1) is 0 Å². The van der Waals surface area contributed by atoms with Crippen LogP contribution in [-0.2, 0) is 13.9 Å². The maximum Gasteiger partial charge on any atom is 0.469 e. The van der Waals surface area contributed by atoms with Crippen LogP contribution >= 0.6 is 7.82 Å². The van der Waals surface area contributed by atoms with Gasteiger partial charge in [0.2, 0.25) is 5.91 Å². The standard InChI is InChI=1S/C36H72NO6P/c1-3-5-7-9-11-13-15-17-18-20-22-24-26-28-30-32-36(39)37-34(33-43-44(40,41)42)35(38)31-29-27-25-23-21-19-16-14-12-10-8-6-4-2/h17-18,34-35,38H,3-16,19-33H2,1-2H3,(H,37,39)(H2,40,41,42)/b18-17-/t34-,35+/m0/s1. The van der Waals surface area contributed by atoms with Crippen LogP contribution in [0.1, 0.15) is 194 Å². The van der Waals surface area contributed by atoms with E-state index in [1.165, 1.54) is 116 Å². The normalized spacial score (nSPS) is 13.5. The molecule has 0 aliphatic heterocycles. The zero-order chi connectivity index (χ0) is 32.6. The molecule has 0 saturated heterocycles. The fourth-order valence-electron chi connectivity index (χ4n) is 5.63. The minimum Gasteiger partial charge on any atom is -0.391 e. The second-order valence-corrected chi connectivity index (χ2v) is 14.1. The fourth-order valence-corrected chi connectivity index (χ4v) is 5.99. The summed E-state index contributed by atoms with van der Waals surface area (Å²) in [6.45, 7) is 4.10. The Kier molecular flexibility index (Phi) is 31.7. The molecule has 0 aromatic rings. The molecule has 0 unspecified atom stereocenters. The Morgan fingerprint density at radius 1 is 0.636 bits per heavy atom. The monoisotopic (exact) mass is 646 g/mol. The lowest BCUT2D eigenvalue weighted by Crippen LogP contribution is -2.46. The van der Waals surface area contributed by atoms with Gasteiger partial charge in [0.05, 0.1) is 18.8 Å². The number of aliphatic hydroxyl groups is 1. The first-order valence-corrected chi connectivity index (χ1v) is 20.2. The second kappa shape index (κ2) is 32.2. The number of unbranched alkanes of at least 4 members (excludes halogenated alkanes) is 23. The van der Waals surface area contributed by atoms with Crippen LogP contribution in [0.4, 0.5) is 0 Å². The molecule has 0 aliphatic rings. The van der Waals surface area contributed by atoms with Gasteiger partial charge in [-0.25, -0.2) is 4.57 Å². The molecular weight excluding hydrogens is 573 g/mol. The minimum atomic E-state index is -4.68. The maximum atomic E-state index is 12.5. The summed E-state index contributed by atoms with van der Waals surface area (Å²) in [6, 6.07) is -0.824.